The molecule has 1 unspecified atom stereocenters. The van der Waals surface area contributed by atoms with Crippen molar-refractivity contribution >= 4 is 40.6 Å². The Morgan fingerprint density at radius 1 is 1.17 bits per heavy atom. The lowest BCUT2D eigenvalue weighted by atomic mass is 9.96. The van der Waals surface area contributed by atoms with Gasteiger partial charge in [-0.2, -0.15) is 16.9 Å². The zero-order valence-corrected chi connectivity index (χ0v) is 18.3. The highest BCUT2D eigenvalue weighted by molar-refractivity contribution is 7.99. The first-order valence-electron chi connectivity index (χ1n) is 10.4. The molecule has 3 aromatic rings. The van der Waals surface area contributed by atoms with Crippen LogP contribution in [0.3, 0.4) is 0 Å². The van der Waals surface area contributed by atoms with Crippen LogP contribution in [0.25, 0.3) is 16.8 Å². The number of nitrogens with zero attached hydrogens (tertiary/aromatic N) is 5. The fourth-order valence-corrected chi connectivity index (χ4v) is 5.45. The number of hydrogen-bond donors (Lipinski definition) is 0. The second kappa shape index (κ2) is 8.47. The largest absolute Gasteiger partial charge is 0.354 e. The maximum absolute atomic E-state index is 13.1. The third-order valence-corrected chi connectivity index (χ3v) is 7.06. The van der Waals surface area contributed by atoms with E-state index in [0.29, 0.717) is 17.5 Å². The van der Waals surface area contributed by atoms with Crippen molar-refractivity contribution in [2.45, 2.75) is 12.8 Å². The average molecular weight is 442 g/mol. The summed E-state index contributed by atoms with van der Waals surface area (Å²) < 4.78 is 1.87. The molecule has 0 bridgehead atoms. The molecule has 30 heavy (non-hydrogen) atoms. The summed E-state index contributed by atoms with van der Waals surface area (Å²) in [5.74, 6) is 3.33. The highest BCUT2D eigenvalue weighted by Crippen LogP contribution is 2.30. The topological polar surface area (TPSA) is 53.7 Å². The van der Waals surface area contributed by atoms with E-state index in [1.807, 2.05) is 46.7 Å². The first-order valence-corrected chi connectivity index (χ1v) is 11.9. The Kier molecular flexibility index (Phi) is 5.56. The van der Waals surface area contributed by atoms with Gasteiger partial charge in [0.05, 0.1) is 11.6 Å². The molecule has 1 atom stereocenters. The Hall–Kier alpha value is -2.25. The van der Waals surface area contributed by atoms with Crippen LogP contribution >= 0.6 is 23.4 Å². The van der Waals surface area contributed by atoms with Gasteiger partial charge in [-0.3, -0.25) is 4.79 Å². The third-order valence-electron chi connectivity index (χ3n) is 5.88. The number of piperidine rings is 1. The number of carbonyl (C=O) groups is 1. The minimum absolute atomic E-state index is 0.0410. The van der Waals surface area contributed by atoms with Crippen LogP contribution < -0.4 is 4.90 Å². The molecule has 0 radical (unpaired) electrons. The second-order valence-corrected chi connectivity index (χ2v) is 9.50. The Labute approximate surface area is 185 Å². The summed E-state index contributed by atoms with van der Waals surface area (Å²) >= 11 is 8.09. The van der Waals surface area contributed by atoms with E-state index in [9.17, 15) is 4.79 Å². The van der Waals surface area contributed by atoms with Gasteiger partial charge in [0.25, 0.3) is 0 Å². The molecule has 2 saturated heterocycles. The van der Waals surface area contributed by atoms with Crippen molar-refractivity contribution in [3.63, 3.8) is 0 Å². The van der Waals surface area contributed by atoms with E-state index in [4.69, 9.17) is 16.7 Å². The van der Waals surface area contributed by atoms with Gasteiger partial charge in [-0.1, -0.05) is 23.7 Å². The molecule has 156 valence electrons. The van der Waals surface area contributed by atoms with Gasteiger partial charge in [0.2, 0.25) is 5.91 Å². The second-order valence-electron chi connectivity index (χ2n) is 7.84. The van der Waals surface area contributed by atoms with Crippen LogP contribution in [0.5, 0.6) is 0 Å². The molecule has 0 saturated carbocycles. The molecule has 0 spiro atoms. The van der Waals surface area contributed by atoms with Crippen molar-refractivity contribution in [2.24, 2.45) is 5.92 Å². The molecule has 0 N–H and O–H groups in total. The molecular formula is C22H24ClN5OS. The monoisotopic (exact) mass is 441 g/mol. The van der Waals surface area contributed by atoms with E-state index in [0.717, 1.165) is 66.6 Å². The number of anilines is 1. The van der Waals surface area contributed by atoms with Crippen LogP contribution in [0.1, 0.15) is 12.8 Å². The smallest absolute Gasteiger partial charge is 0.227 e. The highest BCUT2D eigenvalue weighted by atomic mass is 35.5. The quantitative estimate of drug-likeness (QED) is 0.618. The molecular weight excluding hydrogens is 418 g/mol. The summed E-state index contributed by atoms with van der Waals surface area (Å²) in [6.07, 6.45) is 5.60. The standard InChI is InChI=1S/C22H24ClN5OS/c23-18-5-1-3-16(13-18)19-14-20-21(24-6-8-28(20)25-19)27-7-2-4-17(15-27)22(29)26-9-11-30-12-10-26/h1,3,5-6,8,13-14,17H,2,4,7,9-12,15H2. The summed E-state index contributed by atoms with van der Waals surface area (Å²) in [6.45, 7) is 3.37. The Balaban J connectivity index is 1.42. The van der Waals surface area contributed by atoms with E-state index in [2.05, 4.69) is 20.9 Å². The van der Waals surface area contributed by atoms with Gasteiger partial charge in [-0.25, -0.2) is 9.50 Å². The summed E-state index contributed by atoms with van der Waals surface area (Å²) in [4.78, 5) is 22.0. The molecule has 1 amide bonds. The van der Waals surface area contributed by atoms with E-state index in [1.165, 1.54) is 0 Å². The zero-order chi connectivity index (χ0) is 20.5. The predicted molar refractivity (Wildman–Crippen MR) is 122 cm³/mol. The van der Waals surface area contributed by atoms with Crippen molar-refractivity contribution in [1.82, 2.24) is 19.5 Å². The van der Waals surface area contributed by atoms with Crippen LogP contribution in [0.2, 0.25) is 5.02 Å². The Morgan fingerprint density at radius 2 is 2.03 bits per heavy atom. The fraction of sp³-hybridized carbons (Fsp3) is 0.409. The van der Waals surface area contributed by atoms with E-state index >= 15 is 0 Å². The molecule has 1 aromatic carbocycles. The van der Waals surface area contributed by atoms with E-state index < -0.39 is 0 Å². The van der Waals surface area contributed by atoms with Crippen molar-refractivity contribution in [3.05, 3.63) is 47.7 Å². The maximum Gasteiger partial charge on any atom is 0.227 e. The first-order chi connectivity index (χ1) is 14.7. The van der Waals surface area contributed by atoms with Crippen molar-refractivity contribution in [2.75, 3.05) is 42.6 Å². The van der Waals surface area contributed by atoms with E-state index in [-0.39, 0.29) is 5.92 Å². The molecule has 2 aliphatic rings. The predicted octanol–water partition coefficient (Wildman–Crippen LogP) is 3.84. The summed E-state index contributed by atoms with van der Waals surface area (Å²) in [7, 11) is 0. The number of thioether (sulfide) groups is 1. The third kappa shape index (κ3) is 3.88. The van der Waals surface area contributed by atoms with Crippen LogP contribution in [-0.2, 0) is 4.79 Å². The number of fused-ring (bicyclic) bond motifs is 1. The summed E-state index contributed by atoms with van der Waals surface area (Å²) in [6, 6.07) is 9.78. The van der Waals surface area contributed by atoms with Crippen LogP contribution in [0.15, 0.2) is 42.7 Å². The summed E-state index contributed by atoms with van der Waals surface area (Å²) in [5, 5.41) is 5.41. The maximum atomic E-state index is 13.1. The molecule has 4 heterocycles. The molecule has 2 aromatic heterocycles. The van der Waals surface area contributed by atoms with E-state index in [1.54, 1.807) is 6.20 Å². The number of carbonyl (C=O) groups excluding carboxylic acids is 1. The number of aromatic nitrogens is 3. The first kappa shape index (κ1) is 19.7. The van der Waals surface area contributed by atoms with Crippen LogP contribution in [0.4, 0.5) is 5.82 Å². The molecule has 0 aliphatic carbocycles. The van der Waals surface area contributed by atoms with Gasteiger partial charge in [0.1, 0.15) is 5.52 Å². The van der Waals surface area contributed by atoms with Crippen molar-refractivity contribution in [3.8, 4) is 11.3 Å². The number of amides is 1. The van der Waals surface area contributed by atoms with Gasteiger partial charge in [-0.15, -0.1) is 0 Å². The zero-order valence-electron chi connectivity index (χ0n) is 16.7. The van der Waals surface area contributed by atoms with Crippen LogP contribution in [0, 0.1) is 5.92 Å². The SMILES string of the molecule is O=C(C1CCCN(c2nccn3nc(-c4cccc(Cl)c4)cc23)C1)N1CCSCC1. The van der Waals surface area contributed by atoms with Crippen molar-refractivity contribution < 1.29 is 4.79 Å². The van der Waals surface area contributed by atoms with Gasteiger partial charge < -0.3 is 9.80 Å². The lowest BCUT2D eigenvalue weighted by Gasteiger charge is -2.36. The molecule has 2 aliphatic heterocycles. The fourth-order valence-electron chi connectivity index (χ4n) is 4.35. The molecule has 8 heteroatoms. The molecule has 5 rings (SSSR count). The van der Waals surface area contributed by atoms with Crippen molar-refractivity contribution in [1.29, 1.82) is 0 Å². The van der Waals surface area contributed by atoms with Gasteiger partial charge >= 0.3 is 0 Å². The Bertz CT molecular complexity index is 1060. The Morgan fingerprint density at radius 3 is 2.87 bits per heavy atom. The number of halogens is 1. The number of hydrogen-bond acceptors (Lipinski definition) is 5. The number of rotatable bonds is 3. The van der Waals surface area contributed by atoms with Gasteiger partial charge in [-0.05, 0) is 31.0 Å². The highest BCUT2D eigenvalue weighted by Gasteiger charge is 2.31. The minimum Gasteiger partial charge on any atom is -0.354 e. The normalized spacial score (nSPS) is 20.0. The molecule has 2 fully saturated rings. The van der Waals surface area contributed by atoms with Crippen LogP contribution in [-0.4, -0.2) is 63.1 Å². The number of benzene rings is 1. The van der Waals surface area contributed by atoms with Gasteiger partial charge in [0.15, 0.2) is 5.82 Å². The molecule has 6 nitrogen and oxygen atoms in total. The average Bonchev–Trinajstić information content (AvgIpc) is 3.24. The van der Waals surface area contributed by atoms with Gasteiger partial charge in [0, 0.05) is 60.7 Å². The summed E-state index contributed by atoms with van der Waals surface area (Å²) in [5.41, 5.74) is 2.80. The lowest BCUT2D eigenvalue weighted by Crippen LogP contribution is -2.47. The minimum atomic E-state index is 0.0410. The lowest BCUT2D eigenvalue weighted by molar-refractivity contribution is -0.135.